The zero-order chi connectivity index (χ0) is 12.3. The van der Waals surface area contributed by atoms with E-state index >= 15 is 0 Å². The zero-order valence-corrected chi connectivity index (χ0v) is 8.51. The summed E-state index contributed by atoms with van der Waals surface area (Å²) in [7, 11) is 0. The minimum absolute atomic E-state index is 0.170. The summed E-state index contributed by atoms with van der Waals surface area (Å²) in [6, 6.07) is 3.36. The summed E-state index contributed by atoms with van der Waals surface area (Å²) in [5.74, 6) is -2.03. The first-order valence-electron chi connectivity index (χ1n) is 4.51. The molecule has 5 heteroatoms. The van der Waals surface area contributed by atoms with Gasteiger partial charge in [0.2, 0.25) is 0 Å². The van der Waals surface area contributed by atoms with Crippen LogP contribution < -0.4 is 4.74 Å². The van der Waals surface area contributed by atoms with Gasteiger partial charge in [0.25, 0.3) is 0 Å². The summed E-state index contributed by atoms with van der Waals surface area (Å²) in [4.78, 5) is 0. The molecule has 0 fully saturated rings. The molecule has 0 heterocycles. The van der Waals surface area contributed by atoms with E-state index in [1.165, 1.54) is 6.07 Å². The molecule has 1 nitrogen and oxygen atoms in total. The van der Waals surface area contributed by atoms with Crippen molar-refractivity contribution in [1.29, 1.82) is 0 Å². The molecule has 0 aliphatic carbocycles. The summed E-state index contributed by atoms with van der Waals surface area (Å²) in [6.45, 7) is 5.24. The third-order valence-corrected chi connectivity index (χ3v) is 2.06. The number of allylic oxidation sites excluding steroid dienone is 1. The number of hydrogen-bond acceptors (Lipinski definition) is 1. The first-order chi connectivity index (χ1) is 7.33. The first-order valence-corrected chi connectivity index (χ1v) is 4.51. The van der Waals surface area contributed by atoms with Crippen molar-refractivity contribution in [3.05, 3.63) is 42.2 Å². The molecule has 1 rings (SSSR count). The molecule has 16 heavy (non-hydrogen) atoms. The maximum atomic E-state index is 13.0. The van der Waals surface area contributed by atoms with E-state index in [9.17, 15) is 17.6 Å². The third-order valence-electron chi connectivity index (χ3n) is 2.06. The van der Waals surface area contributed by atoms with Crippen molar-refractivity contribution in [1.82, 2.24) is 0 Å². The number of rotatable bonds is 3. The molecule has 0 N–H and O–H groups in total. The number of alkyl halides is 3. The Morgan fingerprint density at radius 2 is 2.00 bits per heavy atom. The van der Waals surface area contributed by atoms with Gasteiger partial charge in [0.15, 0.2) is 11.6 Å². The lowest BCUT2D eigenvalue weighted by molar-refractivity contribution is -0.275. The van der Waals surface area contributed by atoms with Crippen LogP contribution in [-0.4, -0.2) is 6.36 Å². The Hall–Kier alpha value is -1.52. The van der Waals surface area contributed by atoms with E-state index in [0.717, 1.165) is 12.1 Å². The Bertz CT molecular complexity index is 384. The van der Waals surface area contributed by atoms with Crippen LogP contribution in [0.15, 0.2) is 30.9 Å². The van der Waals surface area contributed by atoms with E-state index in [-0.39, 0.29) is 5.92 Å². The highest BCUT2D eigenvalue weighted by molar-refractivity contribution is 5.33. The minimum Gasteiger partial charge on any atom is -0.403 e. The Morgan fingerprint density at radius 3 is 2.50 bits per heavy atom. The van der Waals surface area contributed by atoms with E-state index < -0.39 is 17.9 Å². The van der Waals surface area contributed by atoms with Gasteiger partial charge in [-0.25, -0.2) is 4.39 Å². The second kappa shape index (κ2) is 4.55. The van der Waals surface area contributed by atoms with E-state index in [2.05, 4.69) is 11.3 Å². The summed E-state index contributed by atoms with van der Waals surface area (Å²) in [5.41, 5.74) is 0.510. The summed E-state index contributed by atoms with van der Waals surface area (Å²) >= 11 is 0. The molecule has 0 radical (unpaired) electrons. The fourth-order valence-corrected chi connectivity index (χ4v) is 1.14. The molecule has 0 spiro atoms. The molecule has 1 aromatic carbocycles. The molecular weight excluding hydrogens is 224 g/mol. The lowest BCUT2D eigenvalue weighted by Crippen LogP contribution is -2.18. The number of halogens is 4. The van der Waals surface area contributed by atoms with E-state index in [1.54, 1.807) is 13.0 Å². The standard InChI is InChI=1S/C11H10F4O/c1-3-7(2)8-4-5-9(12)10(6-8)16-11(13,14)15/h3-7H,1H2,2H3. The Labute approximate surface area is 90.3 Å². The largest absolute Gasteiger partial charge is 0.573 e. The Kier molecular flexibility index (Phi) is 3.57. The normalized spacial score (nSPS) is 13.3. The van der Waals surface area contributed by atoms with Gasteiger partial charge in [-0.1, -0.05) is 19.1 Å². The van der Waals surface area contributed by atoms with Crippen LogP contribution in [0.4, 0.5) is 17.6 Å². The predicted molar refractivity (Wildman–Crippen MR) is 51.7 cm³/mol. The van der Waals surface area contributed by atoms with Gasteiger partial charge in [-0.3, -0.25) is 0 Å². The van der Waals surface area contributed by atoms with Gasteiger partial charge in [0, 0.05) is 0 Å². The van der Waals surface area contributed by atoms with Crippen LogP contribution in [0.2, 0.25) is 0 Å². The van der Waals surface area contributed by atoms with Gasteiger partial charge in [-0.15, -0.1) is 19.8 Å². The predicted octanol–water partition coefficient (Wildman–Crippen LogP) is 4.01. The minimum atomic E-state index is -4.89. The van der Waals surface area contributed by atoms with Crippen LogP contribution in [0.5, 0.6) is 5.75 Å². The fourth-order valence-electron chi connectivity index (χ4n) is 1.14. The topological polar surface area (TPSA) is 9.23 Å². The molecule has 1 aromatic rings. The molecule has 0 aliphatic heterocycles. The molecular formula is C11H10F4O. The molecule has 0 aliphatic rings. The highest BCUT2D eigenvalue weighted by Gasteiger charge is 2.32. The maximum Gasteiger partial charge on any atom is 0.573 e. The van der Waals surface area contributed by atoms with Crippen molar-refractivity contribution >= 4 is 0 Å². The quantitative estimate of drug-likeness (QED) is 0.567. The van der Waals surface area contributed by atoms with E-state index in [4.69, 9.17) is 0 Å². The van der Waals surface area contributed by atoms with Gasteiger partial charge in [0.05, 0.1) is 0 Å². The Balaban J connectivity index is 3.04. The third kappa shape index (κ3) is 3.25. The van der Waals surface area contributed by atoms with Crippen LogP contribution in [0.25, 0.3) is 0 Å². The summed E-state index contributed by atoms with van der Waals surface area (Å²) in [6.07, 6.45) is -3.35. The van der Waals surface area contributed by atoms with Crippen molar-refractivity contribution in [3.63, 3.8) is 0 Å². The molecule has 0 saturated heterocycles. The van der Waals surface area contributed by atoms with Gasteiger partial charge >= 0.3 is 6.36 Å². The maximum absolute atomic E-state index is 13.0. The average Bonchev–Trinajstić information content (AvgIpc) is 2.18. The highest BCUT2D eigenvalue weighted by atomic mass is 19.4. The van der Waals surface area contributed by atoms with Crippen molar-refractivity contribution in [2.45, 2.75) is 19.2 Å². The van der Waals surface area contributed by atoms with Crippen LogP contribution >= 0.6 is 0 Å². The van der Waals surface area contributed by atoms with Crippen LogP contribution in [-0.2, 0) is 0 Å². The molecule has 0 bridgehead atoms. The smallest absolute Gasteiger partial charge is 0.403 e. The highest BCUT2D eigenvalue weighted by Crippen LogP contribution is 2.29. The number of ether oxygens (including phenoxy) is 1. The number of benzene rings is 1. The van der Waals surface area contributed by atoms with Gasteiger partial charge < -0.3 is 4.74 Å². The Morgan fingerprint density at radius 1 is 1.38 bits per heavy atom. The lowest BCUT2D eigenvalue weighted by atomic mass is 10.0. The van der Waals surface area contributed by atoms with E-state index in [1.807, 2.05) is 0 Å². The molecule has 1 unspecified atom stereocenters. The second-order valence-electron chi connectivity index (χ2n) is 3.26. The fraction of sp³-hybridized carbons (Fsp3) is 0.273. The molecule has 88 valence electrons. The number of hydrogen-bond donors (Lipinski definition) is 0. The van der Waals surface area contributed by atoms with Crippen LogP contribution in [0.3, 0.4) is 0 Å². The van der Waals surface area contributed by atoms with Crippen molar-refractivity contribution in [2.24, 2.45) is 0 Å². The summed E-state index contributed by atoms with van der Waals surface area (Å²) < 4.78 is 52.4. The monoisotopic (exact) mass is 234 g/mol. The zero-order valence-electron chi connectivity index (χ0n) is 8.51. The average molecular weight is 234 g/mol. The first kappa shape index (κ1) is 12.5. The van der Waals surface area contributed by atoms with Crippen molar-refractivity contribution in [3.8, 4) is 5.75 Å². The van der Waals surface area contributed by atoms with Gasteiger partial charge in [-0.05, 0) is 23.6 Å². The molecule has 0 aromatic heterocycles. The lowest BCUT2D eigenvalue weighted by Gasteiger charge is -2.12. The van der Waals surface area contributed by atoms with Crippen LogP contribution in [0, 0.1) is 5.82 Å². The molecule has 0 amide bonds. The van der Waals surface area contributed by atoms with Gasteiger partial charge in [-0.2, -0.15) is 0 Å². The molecule has 0 saturated carbocycles. The second-order valence-corrected chi connectivity index (χ2v) is 3.26. The summed E-state index contributed by atoms with van der Waals surface area (Å²) in [5, 5.41) is 0. The van der Waals surface area contributed by atoms with Crippen LogP contribution in [0.1, 0.15) is 18.4 Å². The van der Waals surface area contributed by atoms with Crippen molar-refractivity contribution in [2.75, 3.05) is 0 Å². The SMILES string of the molecule is C=CC(C)c1ccc(F)c(OC(F)(F)F)c1. The molecule has 1 atom stereocenters. The van der Waals surface area contributed by atoms with Crippen molar-refractivity contribution < 1.29 is 22.3 Å². The van der Waals surface area contributed by atoms with E-state index in [0.29, 0.717) is 5.56 Å². The van der Waals surface area contributed by atoms with Gasteiger partial charge in [0.1, 0.15) is 0 Å².